The molecule has 0 aliphatic rings. The molecular weight excluding hydrogens is 246 g/mol. The van der Waals surface area contributed by atoms with Crippen molar-refractivity contribution in [2.75, 3.05) is 11.1 Å². The Morgan fingerprint density at radius 1 is 1.33 bits per heavy atom. The van der Waals surface area contributed by atoms with Gasteiger partial charge in [-0.05, 0) is 24.3 Å². The number of carbonyl (C=O) groups is 1. The van der Waals surface area contributed by atoms with Crippen molar-refractivity contribution in [2.45, 2.75) is 17.7 Å². The molecular formula is C13H15N3OS. The van der Waals surface area contributed by atoms with Crippen molar-refractivity contribution in [3.05, 3.63) is 42.7 Å². The third-order valence-electron chi connectivity index (χ3n) is 2.34. The molecule has 0 spiro atoms. The highest BCUT2D eigenvalue weighted by Crippen LogP contribution is 2.18. The molecule has 4 nitrogen and oxygen atoms in total. The van der Waals surface area contributed by atoms with Crippen LogP contribution in [-0.4, -0.2) is 21.9 Å². The molecule has 0 atom stereocenters. The molecule has 0 bridgehead atoms. The number of anilines is 1. The summed E-state index contributed by atoms with van der Waals surface area (Å²) in [7, 11) is 0. The fourth-order valence-electron chi connectivity index (χ4n) is 1.48. The third-order valence-corrected chi connectivity index (χ3v) is 3.44. The molecule has 0 unspecified atom stereocenters. The highest BCUT2D eigenvalue weighted by Gasteiger charge is 2.02. The Balaban J connectivity index is 1.62. The number of H-pyrrole nitrogens is 1. The summed E-state index contributed by atoms with van der Waals surface area (Å²) in [6, 6.07) is 10.2. The molecule has 18 heavy (non-hydrogen) atoms. The van der Waals surface area contributed by atoms with Crippen molar-refractivity contribution in [1.82, 2.24) is 10.2 Å². The van der Waals surface area contributed by atoms with Gasteiger partial charge in [0.2, 0.25) is 5.91 Å². The number of benzene rings is 1. The van der Waals surface area contributed by atoms with Crippen LogP contribution in [0.1, 0.15) is 12.8 Å². The number of rotatable bonds is 6. The lowest BCUT2D eigenvalue weighted by Crippen LogP contribution is -2.10. The zero-order valence-electron chi connectivity index (χ0n) is 9.93. The normalized spacial score (nSPS) is 10.2. The van der Waals surface area contributed by atoms with E-state index in [0.29, 0.717) is 6.42 Å². The van der Waals surface area contributed by atoms with Crippen LogP contribution in [-0.2, 0) is 4.79 Å². The molecule has 94 valence electrons. The number of nitrogens with zero attached hydrogens (tertiary/aromatic N) is 1. The van der Waals surface area contributed by atoms with Crippen LogP contribution in [0.25, 0.3) is 0 Å². The van der Waals surface area contributed by atoms with Crippen LogP contribution in [0.2, 0.25) is 0 Å². The minimum atomic E-state index is 0.0325. The summed E-state index contributed by atoms with van der Waals surface area (Å²) in [6.07, 6.45) is 4.65. The van der Waals surface area contributed by atoms with E-state index in [9.17, 15) is 4.79 Å². The lowest BCUT2D eigenvalue weighted by Gasteiger charge is -2.02. The van der Waals surface area contributed by atoms with Crippen LogP contribution >= 0.6 is 11.8 Å². The molecule has 1 aromatic heterocycles. The van der Waals surface area contributed by atoms with Gasteiger partial charge in [0.1, 0.15) is 0 Å². The van der Waals surface area contributed by atoms with Crippen molar-refractivity contribution >= 4 is 23.4 Å². The van der Waals surface area contributed by atoms with E-state index in [1.165, 1.54) is 4.90 Å². The predicted octanol–water partition coefficient (Wildman–Crippen LogP) is 2.92. The zero-order chi connectivity index (χ0) is 12.6. The van der Waals surface area contributed by atoms with Crippen molar-refractivity contribution in [1.29, 1.82) is 0 Å². The summed E-state index contributed by atoms with van der Waals surface area (Å²) >= 11 is 1.77. The van der Waals surface area contributed by atoms with Crippen LogP contribution < -0.4 is 5.32 Å². The summed E-state index contributed by atoms with van der Waals surface area (Å²) in [4.78, 5) is 12.8. The summed E-state index contributed by atoms with van der Waals surface area (Å²) in [6.45, 7) is 0. The minimum absolute atomic E-state index is 0.0325. The molecule has 1 amide bonds. The first-order chi connectivity index (χ1) is 8.84. The van der Waals surface area contributed by atoms with Crippen molar-refractivity contribution in [2.24, 2.45) is 0 Å². The van der Waals surface area contributed by atoms with E-state index in [1.807, 2.05) is 18.2 Å². The van der Waals surface area contributed by atoms with Gasteiger partial charge in [0, 0.05) is 17.5 Å². The maximum absolute atomic E-state index is 11.6. The maximum Gasteiger partial charge on any atom is 0.224 e. The maximum atomic E-state index is 11.6. The highest BCUT2D eigenvalue weighted by atomic mass is 32.2. The Morgan fingerprint density at radius 3 is 2.89 bits per heavy atom. The minimum Gasteiger partial charge on any atom is -0.323 e. The number of thioether (sulfide) groups is 1. The van der Waals surface area contributed by atoms with Crippen molar-refractivity contribution in [3.8, 4) is 0 Å². The lowest BCUT2D eigenvalue weighted by atomic mass is 10.3. The number of aromatic amines is 1. The molecule has 0 aliphatic heterocycles. The predicted molar refractivity (Wildman–Crippen MR) is 73.6 cm³/mol. The molecule has 1 heterocycles. The van der Waals surface area contributed by atoms with Crippen LogP contribution in [0, 0.1) is 0 Å². The van der Waals surface area contributed by atoms with Gasteiger partial charge in [0.25, 0.3) is 0 Å². The monoisotopic (exact) mass is 261 g/mol. The molecule has 0 aliphatic carbocycles. The largest absolute Gasteiger partial charge is 0.323 e. The highest BCUT2D eigenvalue weighted by molar-refractivity contribution is 7.99. The van der Waals surface area contributed by atoms with E-state index >= 15 is 0 Å². The van der Waals surface area contributed by atoms with Gasteiger partial charge in [0.15, 0.2) is 0 Å². The first-order valence-corrected chi connectivity index (χ1v) is 6.79. The summed E-state index contributed by atoms with van der Waals surface area (Å²) in [5.74, 6) is 0.980. The average Bonchev–Trinajstić information content (AvgIpc) is 2.89. The second kappa shape index (κ2) is 6.86. The Morgan fingerprint density at radius 2 is 2.17 bits per heavy atom. The zero-order valence-corrected chi connectivity index (χ0v) is 10.7. The number of nitrogens with one attached hydrogen (secondary N) is 2. The quantitative estimate of drug-likeness (QED) is 0.621. The molecule has 0 radical (unpaired) electrons. The molecule has 2 N–H and O–H groups in total. The first-order valence-electron chi connectivity index (χ1n) is 5.81. The second-order valence-electron chi connectivity index (χ2n) is 3.80. The average molecular weight is 261 g/mol. The molecule has 1 aromatic carbocycles. The van der Waals surface area contributed by atoms with Crippen molar-refractivity contribution in [3.63, 3.8) is 0 Å². The molecule has 2 rings (SSSR count). The molecule has 0 saturated heterocycles. The standard InChI is InChI=1S/C13H15N3OS/c17-13(16-11-9-14-15-10-11)7-4-8-18-12-5-2-1-3-6-12/h1-3,5-6,9-10H,4,7-8H2,(H,14,15)(H,16,17). The van der Waals surface area contributed by atoms with Gasteiger partial charge in [0.05, 0.1) is 11.9 Å². The SMILES string of the molecule is O=C(CCCSc1ccccc1)Nc1cn[nH]c1. The number of amides is 1. The Bertz CT molecular complexity index is 470. The molecule has 2 aromatic rings. The molecule has 0 saturated carbocycles. The summed E-state index contributed by atoms with van der Waals surface area (Å²) < 4.78 is 0. The fourth-order valence-corrected chi connectivity index (χ4v) is 2.36. The van der Waals surface area contributed by atoms with Gasteiger partial charge in [-0.1, -0.05) is 18.2 Å². The number of hydrogen-bond donors (Lipinski definition) is 2. The van der Waals surface area contributed by atoms with E-state index in [4.69, 9.17) is 0 Å². The van der Waals surface area contributed by atoms with E-state index < -0.39 is 0 Å². The third kappa shape index (κ3) is 4.25. The first kappa shape index (κ1) is 12.7. The van der Waals surface area contributed by atoms with Gasteiger partial charge in [-0.2, -0.15) is 5.10 Å². The van der Waals surface area contributed by atoms with Gasteiger partial charge in [-0.15, -0.1) is 11.8 Å². The van der Waals surface area contributed by atoms with Crippen LogP contribution in [0.5, 0.6) is 0 Å². The Hall–Kier alpha value is -1.75. The van der Waals surface area contributed by atoms with E-state index in [1.54, 1.807) is 24.2 Å². The molecule has 0 fully saturated rings. The number of hydrogen-bond acceptors (Lipinski definition) is 3. The fraction of sp³-hybridized carbons (Fsp3) is 0.231. The number of aromatic nitrogens is 2. The van der Waals surface area contributed by atoms with Gasteiger partial charge < -0.3 is 5.32 Å². The van der Waals surface area contributed by atoms with E-state index in [-0.39, 0.29) is 5.91 Å². The van der Waals surface area contributed by atoms with Crippen LogP contribution in [0.4, 0.5) is 5.69 Å². The number of carbonyl (C=O) groups excluding carboxylic acids is 1. The second-order valence-corrected chi connectivity index (χ2v) is 4.97. The Labute approximate surface area is 110 Å². The van der Waals surface area contributed by atoms with Crippen LogP contribution in [0.3, 0.4) is 0 Å². The lowest BCUT2D eigenvalue weighted by molar-refractivity contribution is -0.116. The Kier molecular flexibility index (Phi) is 4.84. The van der Waals surface area contributed by atoms with Crippen molar-refractivity contribution < 1.29 is 4.79 Å². The summed E-state index contributed by atoms with van der Waals surface area (Å²) in [5.41, 5.74) is 0.718. The van der Waals surface area contributed by atoms with Crippen LogP contribution in [0.15, 0.2) is 47.6 Å². The van der Waals surface area contributed by atoms with Gasteiger partial charge in [-0.3, -0.25) is 9.89 Å². The van der Waals surface area contributed by atoms with Gasteiger partial charge >= 0.3 is 0 Å². The summed E-state index contributed by atoms with van der Waals surface area (Å²) in [5, 5.41) is 9.20. The van der Waals surface area contributed by atoms with E-state index in [0.717, 1.165) is 17.9 Å². The smallest absolute Gasteiger partial charge is 0.224 e. The van der Waals surface area contributed by atoms with E-state index in [2.05, 4.69) is 27.6 Å². The molecule has 5 heteroatoms. The topological polar surface area (TPSA) is 57.8 Å². The van der Waals surface area contributed by atoms with Gasteiger partial charge in [-0.25, -0.2) is 0 Å².